The van der Waals surface area contributed by atoms with Crippen LogP contribution in [0, 0.1) is 11.3 Å². The van der Waals surface area contributed by atoms with E-state index in [0.717, 1.165) is 54.2 Å². The van der Waals surface area contributed by atoms with E-state index in [1.165, 1.54) is 22.3 Å². The molecule has 1 atom stereocenters. The molecule has 2 aromatic heterocycles. The number of aromatic nitrogens is 2. The second-order valence-corrected chi connectivity index (χ2v) is 12.5. The fraction of sp³-hybridized carbons (Fsp3) is 0.139. The summed E-state index contributed by atoms with van der Waals surface area (Å²) < 4.78 is 0. The molecule has 0 bridgehead atoms. The van der Waals surface area contributed by atoms with Gasteiger partial charge in [0.1, 0.15) is 16.4 Å². The molecule has 4 aromatic carbocycles. The van der Waals surface area contributed by atoms with Gasteiger partial charge in [-0.1, -0.05) is 86.6 Å². The summed E-state index contributed by atoms with van der Waals surface area (Å²) >= 11 is 1.74. The van der Waals surface area contributed by atoms with Crippen molar-refractivity contribution in [1.29, 1.82) is 5.26 Å². The molecule has 2 aliphatic carbocycles. The van der Waals surface area contributed by atoms with Crippen molar-refractivity contribution >= 4 is 22.4 Å². The zero-order valence-electron chi connectivity index (χ0n) is 22.5. The van der Waals surface area contributed by atoms with Gasteiger partial charge in [0, 0.05) is 17.8 Å². The number of rotatable bonds is 2. The van der Waals surface area contributed by atoms with E-state index in [2.05, 4.69) is 92.7 Å². The highest BCUT2D eigenvalue weighted by atomic mass is 32.1. The molecule has 0 fully saturated rings. The second kappa shape index (κ2) is 7.97. The predicted octanol–water partition coefficient (Wildman–Crippen LogP) is 9.14. The fourth-order valence-corrected chi connectivity index (χ4v) is 8.05. The van der Waals surface area contributed by atoms with Crippen LogP contribution in [0.25, 0.3) is 54.2 Å². The molecule has 0 aliphatic heterocycles. The lowest BCUT2D eigenvalue weighted by molar-refractivity contribution is 0.660. The van der Waals surface area contributed by atoms with Crippen LogP contribution in [0.2, 0.25) is 0 Å². The molecular weight excluding hydrogens is 506 g/mol. The van der Waals surface area contributed by atoms with Gasteiger partial charge in [-0.2, -0.15) is 5.26 Å². The van der Waals surface area contributed by atoms with E-state index in [1.807, 2.05) is 19.1 Å². The molecule has 1 unspecified atom stereocenters. The van der Waals surface area contributed by atoms with Gasteiger partial charge in [0.15, 0.2) is 0 Å². The molecule has 0 N–H and O–H groups in total. The normalized spacial score (nSPS) is 17.6. The molecule has 190 valence electrons. The number of nitrogens with zero attached hydrogens (tertiary/aromatic N) is 3. The maximum Gasteiger partial charge on any atom is 0.108 e. The molecule has 4 heteroatoms. The lowest BCUT2D eigenvalue weighted by atomic mass is 9.81. The first kappa shape index (κ1) is 23.3. The molecule has 0 radical (unpaired) electrons. The average molecular weight is 532 g/mol. The van der Waals surface area contributed by atoms with Gasteiger partial charge >= 0.3 is 0 Å². The van der Waals surface area contributed by atoms with Gasteiger partial charge in [-0.15, -0.1) is 11.3 Å². The van der Waals surface area contributed by atoms with Crippen molar-refractivity contribution in [2.45, 2.75) is 31.6 Å². The predicted molar refractivity (Wildman–Crippen MR) is 163 cm³/mol. The third kappa shape index (κ3) is 2.93. The van der Waals surface area contributed by atoms with Crippen molar-refractivity contribution in [1.82, 2.24) is 9.97 Å². The maximum atomic E-state index is 10.3. The monoisotopic (exact) mass is 531 g/mol. The summed E-state index contributed by atoms with van der Waals surface area (Å²) in [4.78, 5) is 11.8. The van der Waals surface area contributed by atoms with E-state index in [-0.39, 0.29) is 5.41 Å². The zero-order valence-corrected chi connectivity index (χ0v) is 23.3. The standard InChI is InChI=1S/C36H25N3S/c1-35(2)27-10-6-4-8-23(27)25-14-12-21(18-29(25)35)33-31-32(39-17-16-38-31)34(40-33)22-13-15-26-24-9-5-7-11-28(24)36(3,20-37)30(26)19-22/h4-19H,1-3H3. The van der Waals surface area contributed by atoms with E-state index < -0.39 is 5.41 Å². The summed E-state index contributed by atoms with van der Waals surface area (Å²) in [7, 11) is 0. The zero-order chi connectivity index (χ0) is 27.2. The third-order valence-corrected chi connectivity index (χ3v) is 10.2. The Bertz CT molecular complexity index is 2080. The Morgan fingerprint density at radius 2 is 1.10 bits per heavy atom. The van der Waals surface area contributed by atoms with Crippen molar-refractivity contribution in [2.75, 3.05) is 0 Å². The molecule has 8 rings (SSSR count). The van der Waals surface area contributed by atoms with Gasteiger partial charge in [-0.3, -0.25) is 9.97 Å². The van der Waals surface area contributed by atoms with E-state index in [1.54, 1.807) is 23.7 Å². The van der Waals surface area contributed by atoms with Crippen molar-refractivity contribution in [2.24, 2.45) is 0 Å². The molecular formula is C36H25N3S. The minimum atomic E-state index is -0.690. The Hall–Kier alpha value is -4.59. The molecule has 6 aromatic rings. The third-order valence-electron chi connectivity index (χ3n) is 8.98. The summed E-state index contributed by atoms with van der Waals surface area (Å²) in [5.41, 5.74) is 13.1. The second-order valence-electron chi connectivity index (χ2n) is 11.5. The lowest BCUT2D eigenvalue weighted by Gasteiger charge is -2.21. The van der Waals surface area contributed by atoms with Crippen LogP contribution >= 0.6 is 11.3 Å². The summed E-state index contributed by atoms with van der Waals surface area (Å²) in [6.07, 6.45) is 3.55. The molecule has 2 heterocycles. The number of hydrogen-bond donors (Lipinski definition) is 0. The van der Waals surface area contributed by atoms with Gasteiger partial charge in [0.2, 0.25) is 0 Å². The number of thiophene rings is 1. The molecule has 2 aliphatic rings. The number of fused-ring (bicyclic) bond motifs is 7. The number of nitriles is 1. The molecule has 3 nitrogen and oxygen atoms in total. The van der Waals surface area contributed by atoms with Crippen LogP contribution in [0.1, 0.15) is 43.0 Å². The van der Waals surface area contributed by atoms with Gasteiger partial charge in [0.25, 0.3) is 0 Å². The van der Waals surface area contributed by atoms with Crippen molar-refractivity contribution in [3.63, 3.8) is 0 Å². The van der Waals surface area contributed by atoms with Crippen LogP contribution in [0.15, 0.2) is 97.3 Å². The highest BCUT2D eigenvalue weighted by Crippen LogP contribution is 2.53. The highest BCUT2D eigenvalue weighted by Gasteiger charge is 2.40. The van der Waals surface area contributed by atoms with Crippen molar-refractivity contribution in [3.05, 3.63) is 120 Å². The summed E-state index contributed by atoms with van der Waals surface area (Å²) in [5, 5.41) is 10.3. The first-order valence-electron chi connectivity index (χ1n) is 13.6. The minimum absolute atomic E-state index is 0.0692. The topological polar surface area (TPSA) is 49.6 Å². The van der Waals surface area contributed by atoms with Gasteiger partial charge in [0.05, 0.1) is 15.8 Å². The summed E-state index contributed by atoms with van der Waals surface area (Å²) in [6, 6.07) is 33.0. The molecule has 0 amide bonds. The quantitative estimate of drug-likeness (QED) is 0.224. The van der Waals surface area contributed by atoms with E-state index in [4.69, 9.17) is 9.97 Å². The van der Waals surface area contributed by atoms with Crippen LogP contribution < -0.4 is 0 Å². The van der Waals surface area contributed by atoms with Crippen LogP contribution in [0.4, 0.5) is 0 Å². The Morgan fingerprint density at radius 1 is 0.600 bits per heavy atom. The van der Waals surface area contributed by atoms with E-state index in [0.29, 0.717) is 0 Å². The Morgan fingerprint density at radius 3 is 1.73 bits per heavy atom. The van der Waals surface area contributed by atoms with E-state index >= 15 is 0 Å². The molecule has 0 spiro atoms. The molecule has 40 heavy (non-hydrogen) atoms. The Balaban J connectivity index is 1.31. The first-order valence-corrected chi connectivity index (χ1v) is 14.4. The highest BCUT2D eigenvalue weighted by molar-refractivity contribution is 7.20. The Labute approximate surface area is 237 Å². The van der Waals surface area contributed by atoms with Gasteiger partial charge in [-0.05, 0) is 74.7 Å². The van der Waals surface area contributed by atoms with E-state index in [9.17, 15) is 5.26 Å². The van der Waals surface area contributed by atoms with Gasteiger partial charge in [-0.25, -0.2) is 0 Å². The first-order chi connectivity index (χ1) is 19.4. The summed E-state index contributed by atoms with van der Waals surface area (Å²) in [5.74, 6) is 0. The van der Waals surface area contributed by atoms with Crippen LogP contribution in [0.5, 0.6) is 0 Å². The number of hydrogen-bond acceptors (Lipinski definition) is 4. The Kier molecular flexibility index (Phi) is 4.65. The molecule has 0 saturated carbocycles. The summed E-state index contributed by atoms with van der Waals surface area (Å²) in [6.45, 7) is 6.66. The van der Waals surface area contributed by atoms with Gasteiger partial charge < -0.3 is 0 Å². The largest absolute Gasteiger partial charge is 0.251 e. The average Bonchev–Trinajstić information content (AvgIpc) is 3.58. The van der Waals surface area contributed by atoms with Crippen LogP contribution in [-0.4, -0.2) is 9.97 Å². The van der Waals surface area contributed by atoms with Crippen molar-refractivity contribution < 1.29 is 0 Å². The SMILES string of the molecule is CC1(C)c2ccccc2-c2ccc(-c3sc(-c4ccc5c(c4)C(C)(C#N)c4ccccc4-5)c4nccnc34)cc21. The number of benzene rings is 4. The fourth-order valence-electron chi connectivity index (χ4n) is 6.86. The lowest BCUT2D eigenvalue weighted by Crippen LogP contribution is -2.17. The van der Waals surface area contributed by atoms with Crippen LogP contribution in [-0.2, 0) is 10.8 Å². The minimum Gasteiger partial charge on any atom is -0.251 e. The molecule has 0 saturated heterocycles. The maximum absolute atomic E-state index is 10.3. The smallest absolute Gasteiger partial charge is 0.108 e. The van der Waals surface area contributed by atoms with Crippen molar-refractivity contribution in [3.8, 4) is 49.2 Å². The van der Waals surface area contributed by atoms with Crippen LogP contribution in [0.3, 0.4) is 0 Å².